The van der Waals surface area contributed by atoms with Crippen LogP contribution in [-0.4, -0.2) is 24.7 Å². The van der Waals surface area contributed by atoms with Crippen LogP contribution in [0.4, 0.5) is 0 Å². The first-order valence-electron chi connectivity index (χ1n) is 8.91. The number of rotatable bonds is 7. The lowest BCUT2D eigenvalue weighted by molar-refractivity contribution is 0.133. The van der Waals surface area contributed by atoms with Crippen molar-refractivity contribution in [3.05, 3.63) is 71.8 Å². The number of hydrogen-bond donors (Lipinski definition) is 0. The largest absolute Gasteiger partial charge is 0.461 e. The van der Waals surface area contributed by atoms with E-state index in [1.54, 1.807) is 13.8 Å². The minimum Gasteiger partial charge on any atom is -0.461 e. The van der Waals surface area contributed by atoms with Gasteiger partial charge in [0.1, 0.15) is 0 Å². The van der Waals surface area contributed by atoms with Crippen LogP contribution < -0.4 is 0 Å². The Morgan fingerprint density at radius 3 is 2.11 bits per heavy atom. The lowest BCUT2D eigenvalue weighted by Crippen LogP contribution is -2.31. The highest BCUT2D eigenvalue weighted by Gasteiger charge is 2.63. The van der Waals surface area contributed by atoms with E-state index in [9.17, 15) is 4.57 Å². The zero-order valence-corrected chi connectivity index (χ0v) is 17.4. The molecule has 0 saturated carbocycles. The monoisotopic (exact) mass is 405 g/mol. The molecule has 0 aliphatic carbocycles. The summed E-state index contributed by atoms with van der Waals surface area (Å²) in [6.45, 7) is 4.10. The van der Waals surface area contributed by atoms with Gasteiger partial charge in [-0.25, -0.2) is 4.99 Å². The number of nitrogens with zero attached hydrogens (tertiary/aromatic N) is 1. The average molecular weight is 405 g/mol. The average Bonchev–Trinajstić information content (AvgIpc) is 3.11. The zero-order valence-electron chi connectivity index (χ0n) is 15.7. The van der Waals surface area contributed by atoms with Gasteiger partial charge in [0, 0.05) is 0 Å². The van der Waals surface area contributed by atoms with Crippen molar-refractivity contribution in [3.8, 4) is 0 Å². The van der Waals surface area contributed by atoms with Gasteiger partial charge in [-0.05, 0) is 31.2 Å². The van der Waals surface area contributed by atoms with Gasteiger partial charge < -0.3 is 13.8 Å². The molecule has 1 aliphatic rings. The minimum atomic E-state index is -3.72. The summed E-state index contributed by atoms with van der Waals surface area (Å²) in [5.74, 6) is 0. The van der Waals surface area contributed by atoms with Gasteiger partial charge in [0.2, 0.25) is 10.5 Å². The van der Waals surface area contributed by atoms with E-state index in [0.29, 0.717) is 5.23 Å². The fourth-order valence-corrected chi connectivity index (χ4v) is 6.08. The van der Waals surface area contributed by atoms with Crippen molar-refractivity contribution < 1.29 is 18.3 Å². The molecule has 2 atom stereocenters. The van der Waals surface area contributed by atoms with E-state index in [2.05, 4.69) is 0 Å². The van der Waals surface area contributed by atoms with E-state index in [-0.39, 0.29) is 13.2 Å². The Hall–Kier alpha value is -1.59. The highest BCUT2D eigenvalue weighted by Crippen LogP contribution is 2.72. The predicted octanol–water partition coefficient (Wildman–Crippen LogP) is 5.60. The first-order chi connectivity index (χ1) is 13.1. The molecule has 5 nitrogen and oxygen atoms in total. The molecule has 1 aliphatic heterocycles. The molecule has 3 rings (SSSR count). The van der Waals surface area contributed by atoms with E-state index in [1.807, 2.05) is 66.9 Å². The third kappa shape index (κ3) is 3.59. The second-order valence-electron chi connectivity index (χ2n) is 5.92. The Labute approximate surface area is 164 Å². The molecule has 144 valence electrons. The quantitative estimate of drug-likeness (QED) is 0.562. The lowest BCUT2D eigenvalue weighted by atomic mass is 9.96. The second-order valence-corrected chi connectivity index (χ2v) is 8.87. The molecular weight excluding hydrogens is 381 g/mol. The van der Waals surface area contributed by atoms with Crippen LogP contribution in [0.1, 0.15) is 31.1 Å². The molecule has 1 heterocycles. The molecule has 0 unspecified atom stereocenters. The highest BCUT2D eigenvalue weighted by molar-refractivity contribution is 8.13. The predicted molar refractivity (Wildman–Crippen MR) is 110 cm³/mol. The summed E-state index contributed by atoms with van der Waals surface area (Å²) in [7, 11) is -3.72. The number of hydrogen-bond acceptors (Lipinski definition) is 6. The minimum absolute atomic E-state index is 0.248. The molecule has 0 radical (unpaired) electrons. The van der Waals surface area contributed by atoms with E-state index in [4.69, 9.17) is 18.8 Å². The van der Waals surface area contributed by atoms with Crippen molar-refractivity contribution >= 4 is 24.6 Å². The normalized spacial score (nSPS) is 22.3. The molecule has 0 spiro atoms. The Bertz CT molecular complexity index is 820. The van der Waals surface area contributed by atoms with Crippen molar-refractivity contribution in [1.82, 2.24) is 0 Å². The van der Waals surface area contributed by atoms with Crippen LogP contribution >= 0.6 is 19.4 Å². The van der Waals surface area contributed by atoms with Crippen molar-refractivity contribution in [1.29, 1.82) is 0 Å². The van der Waals surface area contributed by atoms with Gasteiger partial charge in [0.15, 0.2) is 6.10 Å². The number of thioether (sulfide) groups is 1. The van der Waals surface area contributed by atoms with Crippen molar-refractivity contribution in [2.75, 3.05) is 19.5 Å². The molecule has 2 aromatic carbocycles. The summed E-state index contributed by atoms with van der Waals surface area (Å²) >= 11 is 1.38. The molecule has 0 aromatic heterocycles. The van der Waals surface area contributed by atoms with Gasteiger partial charge >= 0.3 is 7.60 Å². The van der Waals surface area contributed by atoms with Crippen molar-refractivity contribution in [3.63, 3.8) is 0 Å². The summed E-state index contributed by atoms with van der Waals surface area (Å²) in [5.41, 5.74) is 1.61. The Kier molecular flexibility index (Phi) is 6.43. The molecule has 7 heteroatoms. The SMILES string of the molecule is CCOP(=O)(OCC)[C@@]1(c2ccccc2)N=C(SC)O[C@@H]1c1ccccc1. The van der Waals surface area contributed by atoms with Crippen LogP contribution in [0.25, 0.3) is 0 Å². The lowest BCUT2D eigenvalue weighted by Gasteiger charge is -2.37. The molecule has 0 bridgehead atoms. The fourth-order valence-electron chi connectivity index (χ4n) is 3.27. The maximum atomic E-state index is 14.1. The zero-order chi connectivity index (χ0) is 19.3. The molecule has 2 aromatic rings. The Balaban J connectivity index is 2.29. The summed E-state index contributed by atoms with van der Waals surface area (Å²) in [6, 6.07) is 19.2. The number of aliphatic imine (C=N–C) groups is 1. The first-order valence-corrected chi connectivity index (χ1v) is 11.7. The van der Waals surface area contributed by atoms with Gasteiger partial charge in [0.25, 0.3) is 0 Å². The highest BCUT2D eigenvalue weighted by atomic mass is 32.2. The van der Waals surface area contributed by atoms with Crippen molar-refractivity contribution in [2.24, 2.45) is 4.99 Å². The summed E-state index contributed by atoms with van der Waals surface area (Å²) in [5, 5.41) is -0.840. The van der Waals surface area contributed by atoms with Crippen LogP contribution in [-0.2, 0) is 23.6 Å². The summed E-state index contributed by atoms with van der Waals surface area (Å²) in [4.78, 5) is 4.82. The Morgan fingerprint density at radius 1 is 1.04 bits per heavy atom. The maximum absolute atomic E-state index is 14.1. The smallest absolute Gasteiger partial charge is 0.366 e. The van der Waals surface area contributed by atoms with E-state index < -0.39 is 19.0 Å². The first kappa shape index (κ1) is 20.2. The van der Waals surface area contributed by atoms with E-state index in [0.717, 1.165) is 11.1 Å². The van der Waals surface area contributed by atoms with Crippen LogP contribution in [0.2, 0.25) is 0 Å². The van der Waals surface area contributed by atoms with Crippen molar-refractivity contribution in [2.45, 2.75) is 25.2 Å². The van der Waals surface area contributed by atoms with Crippen LogP contribution in [0.15, 0.2) is 65.7 Å². The van der Waals surface area contributed by atoms with Gasteiger partial charge in [0.05, 0.1) is 13.2 Å². The molecule has 27 heavy (non-hydrogen) atoms. The standard InChI is InChI=1S/C20H24NO4PS/c1-4-23-26(22,24-5-2)20(17-14-10-7-11-15-17)18(25-19(21-20)27-3)16-12-8-6-9-13-16/h6-15,18H,4-5H2,1-3H3/t18-,20-/m1/s1. The summed E-state index contributed by atoms with van der Waals surface area (Å²) in [6.07, 6.45) is 1.27. The molecule has 0 N–H and O–H groups in total. The second kappa shape index (κ2) is 8.61. The van der Waals surface area contributed by atoms with Crippen LogP contribution in [0.5, 0.6) is 0 Å². The molecule has 0 fully saturated rings. The van der Waals surface area contributed by atoms with E-state index >= 15 is 0 Å². The molecule has 0 amide bonds. The van der Waals surface area contributed by atoms with E-state index in [1.165, 1.54) is 11.8 Å². The topological polar surface area (TPSA) is 57.1 Å². The van der Waals surface area contributed by atoms with Crippen LogP contribution in [0, 0.1) is 0 Å². The number of benzene rings is 2. The fraction of sp³-hybridized carbons (Fsp3) is 0.350. The van der Waals surface area contributed by atoms with Gasteiger partial charge in [-0.1, -0.05) is 72.4 Å². The maximum Gasteiger partial charge on any atom is 0.366 e. The third-order valence-electron chi connectivity index (χ3n) is 4.34. The van der Waals surface area contributed by atoms with Gasteiger partial charge in [-0.3, -0.25) is 4.57 Å². The number of ether oxygens (including phenoxy) is 1. The van der Waals surface area contributed by atoms with Gasteiger partial charge in [-0.15, -0.1) is 0 Å². The van der Waals surface area contributed by atoms with Gasteiger partial charge in [-0.2, -0.15) is 0 Å². The summed E-state index contributed by atoms with van der Waals surface area (Å²) < 4.78 is 31.9. The third-order valence-corrected chi connectivity index (χ3v) is 7.50. The molecule has 0 saturated heterocycles. The Morgan fingerprint density at radius 2 is 1.59 bits per heavy atom. The van der Waals surface area contributed by atoms with Crippen LogP contribution in [0.3, 0.4) is 0 Å². The molecular formula is C20H24NO4PS.